The Morgan fingerprint density at radius 3 is 2.89 bits per heavy atom. The number of nitrogens with zero attached hydrogens (tertiary/aromatic N) is 2. The molecular weight excluding hydrogens is 246 g/mol. The Morgan fingerprint density at radius 1 is 1.39 bits per heavy atom. The summed E-state index contributed by atoms with van der Waals surface area (Å²) in [6, 6.07) is 1.87. The molecule has 1 aromatic heterocycles. The zero-order chi connectivity index (χ0) is 13.0. The smallest absolute Gasteiger partial charge is 0.219 e. The van der Waals surface area contributed by atoms with Crippen LogP contribution in [0.5, 0.6) is 5.88 Å². The Morgan fingerprint density at radius 2 is 2.22 bits per heavy atom. The summed E-state index contributed by atoms with van der Waals surface area (Å²) in [7, 11) is 1.86. The van der Waals surface area contributed by atoms with Crippen LogP contribution < -0.4 is 10.1 Å². The molecule has 100 valence electrons. The van der Waals surface area contributed by atoms with Crippen molar-refractivity contribution in [1.82, 2.24) is 9.97 Å². The van der Waals surface area contributed by atoms with E-state index in [-0.39, 0.29) is 0 Å². The highest BCUT2D eigenvalue weighted by atomic mass is 32.2. The number of hydrogen-bond acceptors (Lipinski definition) is 5. The average molecular weight is 267 g/mol. The minimum absolute atomic E-state index is 0.308. The van der Waals surface area contributed by atoms with Crippen LogP contribution in [0.4, 0.5) is 5.82 Å². The van der Waals surface area contributed by atoms with Crippen LogP contribution in [0.2, 0.25) is 0 Å². The fourth-order valence-corrected chi connectivity index (χ4v) is 2.71. The number of hydrogen-bond donors (Lipinski definition) is 1. The molecule has 4 nitrogen and oxygen atoms in total. The number of nitrogens with one attached hydrogen (secondary N) is 1. The van der Waals surface area contributed by atoms with Gasteiger partial charge in [-0.3, -0.25) is 0 Å². The highest BCUT2D eigenvalue weighted by molar-refractivity contribution is 7.98. The standard InChI is InChI=1S/C13H21N3OS/c1-9-5-4-6-10(7-9)17-12-8-11(14-2)15-13(16-12)18-3/h8-10H,4-7H2,1-3H3,(H,14,15,16). The minimum atomic E-state index is 0.308. The lowest BCUT2D eigenvalue weighted by Crippen LogP contribution is -2.24. The summed E-state index contributed by atoms with van der Waals surface area (Å²) in [5, 5.41) is 3.79. The van der Waals surface area contributed by atoms with Crippen LogP contribution >= 0.6 is 11.8 Å². The third kappa shape index (κ3) is 3.51. The van der Waals surface area contributed by atoms with Gasteiger partial charge in [-0.2, -0.15) is 4.98 Å². The van der Waals surface area contributed by atoms with E-state index in [4.69, 9.17) is 4.74 Å². The van der Waals surface area contributed by atoms with Crippen molar-refractivity contribution in [2.75, 3.05) is 18.6 Å². The van der Waals surface area contributed by atoms with Crippen molar-refractivity contribution in [3.8, 4) is 5.88 Å². The van der Waals surface area contributed by atoms with E-state index in [0.29, 0.717) is 12.0 Å². The van der Waals surface area contributed by atoms with Gasteiger partial charge in [-0.1, -0.05) is 25.1 Å². The zero-order valence-electron chi connectivity index (χ0n) is 11.3. The van der Waals surface area contributed by atoms with Gasteiger partial charge in [0.25, 0.3) is 0 Å². The van der Waals surface area contributed by atoms with Gasteiger partial charge in [0.2, 0.25) is 5.88 Å². The Kier molecular flexibility index (Phi) is 4.69. The summed E-state index contributed by atoms with van der Waals surface area (Å²) < 4.78 is 6.01. The second kappa shape index (κ2) is 6.27. The van der Waals surface area contributed by atoms with Gasteiger partial charge in [0, 0.05) is 13.1 Å². The van der Waals surface area contributed by atoms with E-state index >= 15 is 0 Å². The first-order valence-corrected chi connectivity index (χ1v) is 7.71. The van der Waals surface area contributed by atoms with E-state index in [1.165, 1.54) is 24.6 Å². The molecule has 0 aromatic carbocycles. The van der Waals surface area contributed by atoms with Crippen molar-refractivity contribution in [2.24, 2.45) is 5.92 Å². The maximum atomic E-state index is 6.01. The molecule has 2 rings (SSSR count). The SMILES string of the molecule is CNc1cc(OC2CCCC(C)C2)nc(SC)n1. The molecule has 1 aliphatic rings. The molecule has 0 saturated heterocycles. The van der Waals surface area contributed by atoms with Gasteiger partial charge in [0.1, 0.15) is 11.9 Å². The summed E-state index contributed by atoms with van der Waals surface area (Å²) in [6.45, 7) is 2.29. The summed E-state index contributed by atoms with van der Waals surface area (Å²) in [6.07, 6.45) is 7.13. The van der Waals surface area contributed by atoms with Crippen LogP contribution in [0, 0.1) is 5.92 Å². The van der Waals surface area contributed by atoms with Crippen LogP contribution in [0.3, 0.4) is 0 Å². The molecule has 2 unspecified atom stereocenters. The minimum Gasteiger partial charge on any atom is -0.474 e. The fourth-order valence-electron chi connectivity index (χ4n) is 2.34. The first-order chi connectivity index (χ1) is 8.71. The Balaban J connectivity index is 2.07. The number of anilines is 1. The molecule has 1 heterocycles. The Hall–Kier alpha value is -0.970. The largest absolute Gasteiger partial charge is 0.474 e. The predicted molar refractivity (Wildman–Crippen MR) is 75.4 cm³/mol. The molecule has 1 saturated carbocycles. The molecular formula is C13H21N3OS. The quantitative estimate of drug-likeness (QED) is 0.670. The van der Waals surface area contributed by atoms with Crippen LogP contribution in [-0.4, -0.2) is 29.4 Å². The Labute approximate surface area is 113 Å². The summed E-state index contributed by atoms with van der Waals surface area (Å²) >= 11 is 1.53. The molecule has 1 aromatic rings. The maximum absolute atomic E-state index is 6.01. The van der Waals surface area contributed by atoms with E-state index in [0.717, 1.165) is 29.7 Å². The lowest BCUT2D eigenvalue weighted by Gasteiger charge is -2.27. The van der Waals surface area contributed by atoms with Crippen molar-refractivity contribution >= 4 is 17.6 Å². The number of thioether (sulfide) groups is 1. The fraction of sp³-hybridized carbons (Fsp3) is 0.692. The average Bonchev–Trinajstić information content (AvgIpc) is 2.38. The third-order valence-corrected chi connectivity index (χ3v) is 3.84. The number of rotatable bonds is 4. The highest BCUT2D eigenvalue weighted by Gasteiger charge is 2.21. The molecule has 0 bridgehead atoms. The van der Waals surface area contributed by atoms with E-state index in [1.807, 2.05) is 19.4 Å². The lowest BCUT2D eigenvalue weighted by molar-refractivity contribution is 0.123. The first-order valence-electron chi connectivity index (χ1n) is 6.48. The van der Waals surface area contributed by atoms with Crippen molar-refractivity contribution in [3.05, 3.63) is 6.07 Å². The molecule has 2 atom stereocenters. The van der Waals surface area contributed by atoms with Gasteiger partial charge < -0.3 is 10.1 Å². The van der Waals surface area contributed by atoms with Crippen LogP contribution in [0.15, 0.2) is 11.2 Å². The van der Waals surface area contributed by atoms with Crippen molar-refractivity contribution in [3.63, 3.8) is 0 Å². The van der Waals surface area contributed by atoms with Gasteiger partial charge in [-0.15, -0.1) is 0 Å². The molecule has 18 heavy (non-hydrogen) atoms. The molecule has 0 aliphatic heterocycles. The van der Waals surface area contributed by atoms with Gasteiger partial charge in [-0.25, -0.2) is 4.98 Å². The third-order valence-electron chi connectivity index (χ3n) is 3.30. The van der Waals surface area contributed by atoms with Crippen molar-refractivity contribution < 1.29 is 4.74 Å². The molecule has 1 aliphatic carbocycles. The van der Waals surface area contributed by atoms with Crippen LogP contribution in [0.1, 0.15) is 32.6 Å². The maximum Gasteiger partial charge on any atom is 0.219 e. The summed E-state index contributed by atoms with van der Waals surface area (Å²) in [4.78, 5) is 8.75. The Bertz CT molecular complexity index is 378. The second-order valence-corrected chi connectivity index (χ2v) is 5.61. The van der Waals surface area contributed by atoms with Gasteiger partial charge in [0.05, 0.1) is 0 Å². The van der Waals surface area contributed by atoms with E-state index in [1.54, 1.807) is 0 Å². The predicted octanol–water partition coefficient (Wildman–Crippen LogP) is 3.20. The molecule has 1 N–H and O–H groups in total. The van der Waals surface area contributed by atoms with Crippen LogP contribution in [0.25, 0.3) is 0 Å². The molecule has 0 amide bonds. The molecule has 1 fully saturated rings. The van der Waals surface area contributed by atoms with Crippen LogP contribution in [-0.2, 0) is 0 Å². The monoisotopic (exact) mass is 267 g/mol. The molecule has 5 heteroatoms. The van der Waals surface area contributed by atoms with E-state index in [2.05, 4.69) is 22.2 Å². The van der Waals surface area contributed by atoms with Gasteiger partial charge in [0.15, 0.2) is 5.16 Å². The molecule has 0 radical (unpaired) electrons. The van der Waals surface area contributed by atoms with Gasteiger partial charge in [-0.05, 0) is 31.4 Å². The number of aromatic nitrogens is 2. The van der Waals surface area contributed by atoms with E-state index < -0.39 is 0 Å². The highest BCUT2D eigenvalue weighted by Crippen LogP contribution is 2.28. The topological polar surface area (TPSA) is 47.0 Å². The molecule has 0 spiro atoms. The zero-order valence-corrected chi connectivity index (χ0v) is 12.1. The summed E-state index contributed by atoms with van der Waals surface area (Å²) in [5.41, 5.74) is 0. The number of ether oxygens (including phenoxy) is 1. The first kappa shape index (κ1) is 13.5. The summed E-state index contributed by atoms with van der Waals surface area (Å²) in [5.74, 6) is 2.26. The second-order valence-electron chi connectivity index (χ2n) is 4.84. The van der Waals surface area contributed by atoms with Crippen molar-refractivity contribution in [1.29, 1.82) is 0 Å². The lowest BCUT2D eigenvalue weighted by atomic mass is 9.89. The van der Waals surface area contributed by atoms with E-state index in [9.17, 15) is 0 Å². The van der Waals surface area contributed by atoms with Crippen molar-refractivity contribution in [2.45, 2.75) is 43.9 Å². The van der Waals surface area contributed by atoms with Gasteiger partial charge >= 0.3 is 0 Å². The normalized spacial score (nSPS) is 23.7.